The van der Waals surface area contributed by atoms with Crippen molar-refractivity contribution in [3.05, 3.63) is 0 Å². The molecule has 0 saturated carbocycles. The lowest BCUT2D eigenvalue weighted by Crippen LogP contribution is -2.36. The van der Waals surface area contributed by atoms with Gasteiger partial charge in [-0.1, -0.05) is 22.9 Å². The Bertz CT molecular complexity index is 160. The fourth-order valence-corrected chi connectivity index (χ4v) is 2.62. The monoisotopic (exact) mass is 219 g/mol. The van der Waals surface area contributed by atoms with Gasteiger partial charge in [-0.25, -0.2) is 0 Å². The van der Waals surface area contributed by atoms with Crippen molar-refractivity contribution in [1.82, 2.24) is 4.90 Å². The predicted molar refractivity (Wildman–Crippen MR) is 48.8 cm³/mol. The largest absolute Gasteiger partial charge is 0.339 e. The maximum Gasteiger partial charge on any atom is 0.219 e. The van der Waals surface area contributed by atoms with E-state index in [-0.39, 0.29) is 5.91 Å². The van der Waals surface area contributed by atoms with E-state index in [1.807, 2.05) is 4.90 Å². The van der Waals surface area contributed by atoms with Gasteiger partial charge in [0, 0.05) is 24.8 Å². The second kappa shape index (κ2) is 3.57. The lowest BCUT2D eigenvalue weighted by Gasteiger charge is -2.23. The first kappa shape index (κ1) is 9.04. The molecule has 64 valence electrons. The molecule has 1 saturated heterocycles. The van der Waals surface area contributed by atoms with Gasteiger partial charge in [-0.05, 0) is 12.3 Å². The first-order chi connectivity index (χ1) is 5.16. The van der Waals surface area contributed by atoms with Crippen LogP contribution in [0, 0.1) is 5.92 Å². The lowest BCUT2D eigenvalue weighted by molar-refractivity contribution is -0.129. The molecule has 2 nitrogen and oxygen atoms in total. The maximum atomic E-state index is 11.1. The summed E-state index contributed by atoms with van der Waals surface area (Å²) in [7, 11) is 0. The molecule has 1 aliphatic heterocycles. The average Bonchev–Trinajstić information content (AvgIpc) is 2.30. The van der Waals surface area contributed by atoms with E-state index in [2.05, 4.69) is 22.9 Å². The Morgan fingerprint density at radius 3 is 2.73 bits per heavy atom. The zero-order valence-corrected chi connectivity index (χ0v) is 8.60. The Labute approximate surface area is 76.1 Å². The van der Waals surface area contributed by atoms with Gasteiger partial charge < -0.3 is 4.90 Å². The van der Waals surface area contributed by atoms with Crippen molar-refractivity contribution in [3.8, 4) is 0 Å². The van der Waals surface area contributed by atoms with Crippen molar-refractivity contribution in [2.75, 3.05) is 11.9 Å². The zero-order valence-electron chi connectivity index (χ0n) is 7.01. The summed E-state index contributed by atoms with van der Waals surface area (Å²) >= 11 is 3.43. The molecule has 0 radical (unpaired) electrons. The quantitative estimate of drug-likeness (QED) is 0.615. The average molecular weight is 220 g/mol. The van der Waals surface area contributed by atoms with Crippen molar-refractivity contribution in [1.29, 1.82) is 0 Å². The highest BCUT2D eigenvalue weighted by atomic mass is 79.9. The van der Waals surface area contributed by atoms with Gasteiger partial charge in [0.05, 0.1) is 0 Å². The van der Waals surface area contributed by atoms with Gasteiger partial charge >= 0.3 is 0 Å². The minimum atomic E-state index is 0.207. The molecule has 0 spiro atoms. The number of hydrogen-bond donors (Lipinski definition) is 0. The van der Waals surface area contributed by atoms with E-state index < -0.39 is 0 Å². The van der Waals surface area contributed by atoms with Crippen LogP contribution in [0.15, 0.2) is 0 Å². The first-order valence-electron chi connectivity index (χ1n) is 4.00. The fraction of sp³-hybridized carbons (Fsp3) is 0.875. The molecular weight excluding hydrogens is 206 g/mol. The molecule has 0 bridgehead atoms. The number of halogens is 1. The molecule has 1 aliphatic rings. The number of rotatable bonds is 1. The van der Waals surface area contributed by atoms with Gasteiger partial charge in [-0.3, -0.25) is 4.79 Å². The molecule has 0 aliphatic carbocycles. The smallest absolute Gasteiger partial charge is 0.219 e. The van der Waals surface area contributed by atoms with Gasteiger partial charge in [-0.2, -0.15) is 0 Å². The standard InChI is InChI=1S/C8H14BrNO/c1-6-3-4-10(7(2)11)8(6)5-9/h6,8H,3-5H2,1-2H3. The highest BCUT2D eigenvalue weighted by Crippen LogP contribution is 2.24. The minimum absolute atomic E-state index is 0.207. The van der Waals surface area contributed by atoms with Gasteiger partial charge in [0.25, 0.3) is 0 Å². The minimum Gasteiger partial charge on any atom is -0.339 e. The number of alkyl halides is 1. The summed E-state index contributed by atoms with van der Waals surface area (Å²) in [6.07, 6.45) is 1.15. The summed E-state index contributed by atoms with van der Waals surface area (Å²) in [4.78, 5) is 13.0. The highest BCUT2D eigenvalue weighted by molar-refractivity contribution is 9.09. The fourth-order valence-electron chi connectivity index (χ4n) is 1.63. The van der Waals surface area contributed by atoms with Crippen molar-refractivity contribution in [2.45, 2.75) is 26.3 Å². The third-order valence-electron chi connectivity index (χ3n) is 2.45. The van der Waals surface area contributed by atoms with Crippen LogP contribution in [0.2, 0.25) is 0 Å². The molecule has 2 unspecified atom stereocenters. The number of amides is 1. The van der Waals surface area contributed by atoms with E-state index in [0.717, 1.165) is 18.3 Å². The van der Waals surface area contributed by atoms with Crippen molar-refractivity contribution in [3.63, 3.8) is 0 Å². The molecule has 0 aromatic rings. The van der Waals surface area contributed by atoms with Gasteiger partial charge in [0.15, 0.2) is 0 Å². The summed E-state index contributed by atoms with van der Waals surface area (Å²) in [6.45, 7) is 4.79. The SMILES string of the molecule is CC(=O)N1CCC(C)C1CBr. The Kier molecular flexibility index (Phi) is 2.93. The predicted octanol–water partition coefficient (Wildman–Crippen LogP) is 1.64. The van der Waals surface area contributed by atoms with E-state index in [9.17, 15) is 4.79 Å². The van der Waals surface area contributed by atoms with Crippen molar-refractivity contribution in [2.24, 2.45) is 5.92 Å². The molecule has 1 amide bonds. The van der Waals surface area contributed by atoms with Crippen LogP contribution < -0.4 is 0 Å². The summed E-state index contributed by atoms with van der Waals surface area (Å²) in [5, 5.41) is 0.910. The summed E-state index contributed by atoms with van der Waals surface area (Å²) < 4.78 is 0. The van der Waals surface area contributed by atoms with Crippen LogP contribution in [0.1, 0.15) is 20.3 Å². The van der Waals surface area contributed by atoms with Crippen LogP contribution in [0.25, 0.3) is 0 Å². The molecule has 2 atom stereocenters. The molecule has 1 fully saturated rings. The third kappa shape index (κ3) is 1.75. The van der Waals surface area contributed by atoms with Crippen molar-refractivity contribution < 1.29 is 4.79 Å². The number of nitrogens with zero attached hydrogens (tertiary/aromatic N) is 1. The van der Waals surface area contributed by atoms with Crippen LogP contribution in [0.3, 0.4) is 0 Å². The third-order valence-corrected chi connectivity index (χ3v) is 3.11. The van der Waals surface area contributed by atoms with E-state index in [1.165, 1.54) is 0 Å². The molecule has 0 N–H and O–H groups in total. The topological polar surface area (TPSA) is 20.3 Å². The van der Waals surface area contributed by atoms with Gasteiger partial charge in [0.2, 0.25) is 5.91 Å². The van der Waals surface area contributed by atoms with Crippen LogP contribution >= 0.6 is 15.9 Å². The Morgan fingerprint density at radius 2 is 2.36 bits per heavy atom. The van der Waals surface area contributed by atoms with Crippen LogP contribution in [0.4, 0.5) is 0 Å². The molecular formula is C8H14BrNO. The van der Waals surface area contributed by atoms with E-state index in [4.69, 9.17) is 0 Å². The molecule has 1 heterocycles. The van der Waals surface area contributed by atoms with Gasteiger partial charge in [0.1, 0.15) is 0 Å². The molecule has 11 heavy (non-hydrogen) atoms. The van der Waals surface area contributed by atoms with Gasteiger partial charge in [-0.15, -0.1) is 0 Å². The molecule has 0 aromatic carbocycles. The van der Waals surface area contributed by atoms with Crippen LogP contribution in [0.5, 0.6) is 0 Å². The summed E-state index contributed by atoms with van der Waals surface area (Å²) in [5.74, 6) is 0.858. The molecule has 3 heteroatoms. The zero-order chi connectivity index (χ0) is 8.43. The first-order valence-corrected chi connectivity index (χ1v) is 5.12. The lowest BCUT2D eigenvalue weighted by atomic mass is 10.1. The number of hydrogen-bond acceptors (Lipinski definition) is 1. The normalized spacial score (nSPS) is 31.0. The summed E-state index contributed by atoms with van der Waals surface area (Å²) in [6, 6.07) is 0.424. The number of carbonyl (C=O) groups is 1. The highest BCUT2D eigenvalue weighted by Gasteiger charge is 2.31. The van der Waals surface area contributed by atoms with E-state index in [0.29, 0.717) is 12.0 Å². The molecule has 0 aromatic heterocycles. The van der Waals surface area contributed by atoms with E-state index in [1.54, 1.807) is 6.92 Å². The summed E-state index contributed by atoms with van der Waals surface area (Å²) in [5.41, 5.74) is 0. The second-order valence-corrected chi connectivity index (χ2v) is 3.85. The van der Waals surface area contributed by atoms with Crippen LogP contribution in [-0.2, 0) is 4.79 Å². The number of carbonyl (C=O) groups excluding carboxylic acids is 1. The van der Waals surface area contributed by atoms with Crippen LogP contribution in [-0.4, -0.2) is 28.7 Å². The maximum absolute atomic E-state index is 11.1. The molecule has 1 rings (SSSR count). The Morgan fingerprint density at radius 1 is 1.73 bits per heavy atom. The van der Waals surface area contributed by atoms with Crippen molar-refractivity contribution >= 4 is 21.8 Å². The van der Waals surface area contributed by atoms with E-state index >= 15 is 0 Å². The second-order valence-electron chi connectivity index (χ2n) is 3.20. The Balaban J connectivity index is 2.61. The Hall–Kier alpha value is -0.0500. The number of likely N-dealkylation sites (tertiary alicyclic amines) is 1.